The largest absolute Gasteiger partial charge is 0.466 e. The van der Waals surface area contributed by atoms with Crippen LogP contribution in [0.5, 0.6) is 0 Å². The van der Waals surface area contributed by atoms with Gasteiger partial charge in [0, 0.05) is 5.20 Å². The Labute approximate surface area is 94.7 Å². The van der Waals surface area contributed by atoms with Crippen LogP contribution in [0.25, 0.3) is 0 Å². The zero-order chi connectivity index (χ0) is 11.9. The molecule has 0 aromatic carbocycles. The lowest BCUT2D eigenvalue weighted by atomic mass is 10.4. The summed E-state index contributed by atoms with van der Waals surface area (Å²) in [5, 5.41) is 1.000. The molecular formula is C12H24O2Si. The molecule has 0 aromatic heterocycles. The summed E-state index contributed by atoms with van der Waals surface area (Å²) < 4.78 is 4.90. The second-order valence-electron chi connectivity index (χ2n) is 3.86. The standard InChI is InChI=1S/C12H24O2Si/c1-6-10-11(12(13)14-5)15(7-2,8-3)9-4/h10H,6-9H2,1-5H3/b11-10-. The quantitative estimate of drug-likeness (QED) is 0.395. The summed E-state index contributed by atoms with van der Waals surface area (Å²) in [7, 11) is -0.0871. The fourth-order valence-corrected chi connectivity index (χ4v) is 5.97. The Hall–Kier alpha value is -0.573. The lowest BCUT2D eigenvalue weighted by Crippen LogP contribution is -2.38. The minimum Gasteiger partial charge on any atom is -0.466 e. The first-order chi connectivity index (χ1) is 7.11. The van der Waals surface area contributed by atoms with Gasteiger partial charge in [-0.25, -0.2) is 4.79 Å². The molecule has 0 N–H and O–H groups in total. The summed E-state index contributed by atoms with van der Waals surface area (Å²) in [6.45, 7) is 8.67. The van der Waals surface area contributed by atoms with Crippen molar-refractivity contribution in [2.24, 2.45) is 0 Å². The summed E-state index contributed by atoms with van der Waals surface area (Å²) in [4.78, 5) is 11.8. The maximum absolute atomic E-state index is 11.8. The molecule has 0 saturated carbocycles. The topological polar surface area (TPSA) is 26.3 Å². The van der Waals surface area contributed by atoms with Gasteiger partial charge in [-0.05, 0) is 6.42 Å². The maximum atomic E-state index is 11.8. The van der Waals surface area contributed by atoms with Crippen molar-refractivity contribution in [3.05, 3.63) is 11.3 Å². The number of carbonyl (C=O) groups is 1. The number of hydrogen-bond donors (Lipinski definition) is 0. The molecule has 0 saturated heterocycles. The van der Waals surface area contributed by atoms with Gasteiger partial charge in [-0.1, -0.05) is 51.9 Å². The van der Waals surface area contributed by atoms with Crippen LogP contribution in [0, 0.1) is 0 Å². The zero-order valence-electron chi connectivity index (χ0n) is 10.7. The Bertz CT molecular complexity index is 222. The third-order valence-corrected chi connectivity index (χ3v) is 9.03. The highest BCUT2D eigenvalue weighted by Crippen LogP contribution is 2.29. The van der Waals surface area contributed by atoms with Crippen LogP contribution in [0.4, 0.5) is 0 Å². The van der Waals surface area contributed by atoms with Crippen molar-refractivity contribution in [2.45, 2.75) is 52.2 Å². The highest BCUT2D eigenvalue weighted by molar-refractivity contribution is 6.90. The van der Waals surface area contributed by atoms with E-state index < -0.39 is 8.07 Å². The van der Waals surface area contributed by atoms with E-state index >= 15 is 0 Å². The molecule has 0 aromatic rings. The van der Waals surface area contributed by atoms with Gasteiger partial charge in [0.15, 0.2) is 0 Å². The van der Waals surface area contributed by atoms with Crippen LogP contribution in [0.2, 0.25) is 18.1 Å². The van der Waals surface area contributed by atoms with E-state index in [1.807, 2.05) is 0 Å². The van der Waals surface area contributed by atoms with E-state index in [1.54, 1.807) is 0 Å². The van der Waals surface area contributed by atoms with E-state index in [9.17, 15) is 4.79 Å². The predicted molar refractivity (Wildman–Crippen MR) is 67.6 cm³/mol. The molecule has 0 unspecified atom stereocenters. The molecule has 15 heavy (non-hydrogen) atoms. The van der Waals surface area contributed by atoms with E-state index in [-0.39, 0.29) is 5.97 Å². The third kappa shape index (κ3) is 3.19. The third-order valence-electron chi connectivity index (χ3n) is 3.42. The van der Waals surface area contributed by atoms with Crippen LogP contribution in [0.1, 0.15) is 34.1 Å². The number of carbonyl (C=O) groups excluding carboxylic acids is 1. The van der Waals surface area contributed by atoms with Crippen LogP contribution >= 0.6 is 0 Å². The van der Waals surface area contributed by atoms with Gasteiger partial charge in [0.2, 0.25) is 0 Å². The summed E-state index contributed by atoms with van der Waals surface area (Å²) in [5.74, 6) is -0.103. The second kappa shape index (κ2) is 6.83. The van der Waals surface area contributed by atoms with Gasteiger partial charge in [0.1, 0.15) is 0 Å². The molecule has 0 rings (SSSR count). The first-order valence-electron chi connectivity index (χ1n) is 5.90. The number of methoxy groups -OCH3 is 1. The molecule has 0 radical (unpaired) electrons. The molecular weight excluding hydrogens is 204 g/mol. The van der Waals surface area contributed by atoms with Gasteiger partial charge in [0.05, 0.1) is 15.2 Å². The van der Waals surface area contributed by atoms with Crippen molar-refractivity contribution in [1.29, 1.82) is 0 Å². The number of allylic oxidation sites excluding steroid dienone is 1. The minimum atomic E-state index is -1.57. The van der Waals surface area contributed by atoms with Gasteiger partial charge in [-0.2, -0.15) is 0 Å². The highest BCUT2D eigenvalue weighted by Gasteiger charge is 2.35. The molecule has 2 nitrogen and oxygen atoms in total. The van der Waals surface area contributed by atoms with E-state index in [2.05, 4.69) is 33.8 Å². The predicted octanol–water partition coefficient (Wildman–Crippen LogP) is 3.54. The van der Waals surface area contributed by atoms with Gasteiger partial charge in [0.25, 0.3) is 0 Å². The molecule has 0 atom stereocenters. The summed E-state index contributed by atoms with van der Waals surface area (Å²) >= 11 is 0. The van der Waals surface area contributed by atoms with Crippen LogP contribution in [-0.4, -0.2) is 21.2 Å². The van der Waals surface area contributed by atoms with E-state index in [0.29, 0.717) is 0 Å². The SMILES string of the molecule is CC/C=C(/C(=O)OC)[Si](CC)(CC)CC. The average Bonchev–Trinajstić information content (AvgIpc) is 2.29. The number of esters is 1. The van der Waals surface area contributed by atoms with Gasteiger partial charge >= 0.3 is 5.97 Å². The molecule has 3 heteroatoms. The number of rotatable bonds is 6. The molecule has 0 aliphatic carbocycles. The second-order valence-corrected chi connectivity index (χ2v) is 9.08. The van der Waals surface area contributed by atoms with E-state index in [1.165, 1.54) is 7.11 Å². The summed E-state index contributed by atoms with van der Waals surface area (Å²) in [6, 6.07) is 3.38. The molecule has 0 aliphatic heterocycles. The molecule has 88 valence electrons. The maximum Gasteiger partial charge on any atom is 0.329 e. The molecule has 0 spiro atoms. The Morgan fingerprint density at radius 3 is 1.87 bits per heavy atom. The first-order valence-corrected chi connectivity index (χ1v) is 8.52. The molecule has 0 amide bonds. The summed E-state index contributed by atoms with van der Waals surface area (Å²) in [5.41, 5.74) is 0. The van der Waals surface area contributed by atoms with E-state index in [4.69, 9.17) is 4.74 Å². The normalized spacial score (nSPS) is 12.7. The van der Waals surface area contributed by atoms with Crippen LogP contribution < -0.4 is 0 Å². The molecule has 0 fully saturated rings. The minimum absolute atomic E-state index is 0.103. The summed E-state index contributed by atoms with van der Waals surface area (Å²) in [6.07, 6.45) is 2.99. The Morgan fingerprint density at radius 2 is 1.60 bits per heavy atom. The fourth-order valence-electron chi connectivity index (χ4n) is 2.15. The van der Waals surface area contributed by atoms with Crippen molar-refractivity contribution in [2.75, 3.05) is 7.11 Å². The number of ether oxygens (including phenoxy) is 1. The monoisotopic (exact) mass is 228 g/mol. The molecule has 0 bridgehead atoms. The smallest absolute Gasteiger partial charge is 0.329 e. The van der Waals surface area contributed by atoms with Crippen molar-refractivity contribution >= 4 is 14.0 Å². The highest BCUT2D eigenvalue weighted by atomic mass is 28.3. The van der Waals surface area contributed by atoms with E-state index in [0.717, 1.165) is 29.7 Å². The van der Waals surface area contributed by atoms with Crippen LogP contribution in [0.15, 0.2) is 11.3 Å². The lowest BCUT2D eigenvalue weighted by Gasteiger charge is -2.29. The lowest BCUT2D eigenvalue weighted by molar-refractivity contribution is -0.135. The first kappa shape index (κ1) is 14.4. The molecule has 0 aliphatic rings. The number of hydrogen-bond acceptors (Lipinski definition) is 2. The van der Waals surface area contributed by atoms with Crippen LogP contribution in [-0.2, 0) is 9.53 Å². The Kier molecular flexibility index (Phi) is 6.57. The zero-order valence-corrected chi connectivity index (χ0v) is 11.7. The Morgan fingerprint density at radius 1 is 1.13 bits per heavy atom. The van der Waals surface area contributed by atoms with Crippen molar-refractivity contribution in [3.8, 4) is 0 Å². The van der Waals surface area contributed by atoms with Gasteiger partial charge < -0.3 is 4.74 Å². The van der Waals surface area contributed by atoms with Crippen molar-refractivity contribution in [1.82, 2.24) is 0 Å². The molecule has 0 heterocycles. The van der Waals surface area contributed by atoms with Crippen molar-refractivity contribution < 1.29 is 9.53 Å². The fraction of sp³-hybridized carbons (Fsp3) is 0.750. The van der Waals surface area contributed by atoms with Crippen LogP contribution in [0.3, 0.4) is 0 Å². The average molecular weight is 228 g/mol. The van der Waals surface area contributed by atoms with Gasteiger partial charge in [-0.15, -0.1) is 0 Å². The van der Waals surface area contributed by atoms with Crippen molar-refractivity contribution in [3.63, 3.8) is 0 Å². The Balaban J connectivity index is 5.19. The van der Waals surface area contributed by atoms with Gasteiger partial charge in [-0.3, -0.25) is 0 Å².